The number of anilines is 1. The maximum atomic E-state index is 12.5. The molecule has 0 atom stereocenters. The fourth-order valence-corrected chi connectivity index (χ4v) is 3.30. The molecule has 1 fully saturated rings. The first-order chi connectivity index (χ1) is 9.67. The van der Waals surface area contributed by atoms with Crippen molar-refractivity contribution in [1.29, 1.82) is 0 Å². The van der Waals surface area contributed by atoms with Crippen LogP contribution in [0.15, 0.2) is 18.2 Å². The lowest BCUT2D eigenvalue weighted by Crippen LogP contribution is -2.48. The SMILES string of the molecule is CCN1CCN(C(=O)c2ccc3nc(N)sc3c2)CC1. The first kappa shape index (κ1) is 13.3. The predicted molar refractivity (Wildman–Crippen MR) is 82.0 cm³/mol. The van der Waals surface area contributed by atoms with Crippen LogP contribution in [-0.2, 0) is 0 Å². The number of amides is 1. The molecule has 0 bridgehead atoms. The molecule has 20 heavy (non-hydrogen) atoms. The summed E-state index contributed by atoms with van der Waals surface area (Å²) in [6.45, 7) is 6.72. The Morgan fingerprint density at radius 2 is 2.10 bits per heavy atom. The van der Waals surface area contributed by atoms with E-state index >= 15 is 0 Å². The number of rotatable bonds is 2. The van der Waals surface area contributed by atoms with Gasteiger partial charge in [0, 0.05) is 31.7 Å². The van der Waals surface area contributed by atoms with E-state index in [1.54, 1.807) is 0 Å². The van der Waals surface area contributed by atoms with Crippen molar-refractivity contribution in [2.75, 3.05) is 38.5 Å². The van der Waals surface area contributed by atoms with Crippen LogP contribution >= 0.6 is 11.3 Å². The highest BCUT2D eigenvalue weighted by molar-refractivity contribution is 7.22. The van der Waals surface area contributed by atoms with Gasteiger partial charge in [0.25, 0.3) is 5.91 Å². The Labute approximate surface area is 122 Å². The zero-order valence-electron chi connectivity index (χ0n) is 11.5. The quantitative estimate of drug-likeness (QED) is 0.913. The monoisotopic (exact) mass is 290 g/mol. The highest BCUT2D eigenvalue weighted by Crippen LogP contribution is 2.25. The van der Waals surface area contributed by atoms with Crippen molar-refractivity contribution in [3.8, 4) is 0 Å². The second-order valence-electron chi connectivity index (χ2n) is 4.96. The summed E-state index contributed by atoms with van der Waals surface area (Å²) in [5.74, 6) is 0.106. The minimum Gasteiger partial charge on any atom is -0.375 e. The summed E-state index contributed by atoms with van der Waals surface area (Å²) in [5, 5.41) is 0.543. The fraction of sp³-hybridized carbons (Fsp3) is 0.429. The summed E-state index contributed by atoms with van der Waals surface area (Å²) in [5.41, 5.74) is 7.29. The molecule has 0 saturated carbocycles. The molecule has 0 aliphatic carbocycles. The molecule has 5 nitrogen and oxygen atoms in total. The molecule has 1 aliphatic heterocycles. The molecule has 6 heteroatoms. The number of nitrogens with two attached hydrogens (primary N) is 1. The Morgan fingerprint density at radius 1 is 1.35 bits per heavy atom. The third-order valence-corrected chi connectivity index (χ3v) is 4.61. The number of fused-ring (bicyclic) bond motifs is 1. The Balaban J connectivity index is 1.78. The van der Waals surface area contributed by atoms with Crippen molar-refractivity contribution in [3.63, 3.8) is 0 Å². The van der Waals surface area contributed by atoms with Gasteiger partial charge < -0.3 is 15.5 Å². The average Bonchev–Trinajstić information content (AvgIpc) is 2.85. The van der Waals surface area contributed by atoms with Crippen molar-refractivity contribution in [3.05, 3.63) is 23.8 Å². The fourth-order valence-electron chi connectivity index (χ4n) is 2.53. The van der Waals surface area contributed by atoms with Crippen molar-refractivity contribution < 1.29 is 4.79 Å². The van der Waals surface area contributed by atoms with E-state index in [2.05, 4.69) is 16.8 Å². The van der Waals surface area contributed by atoms with Crippen LogP contribution in [0.25, 0.3) is 10.2 Å². The van der Waals surface area contributed by atoms with Gasteiger partial charge in [0.05, 0.1) is 10.2 Å². The number of likely N-dealkylation sites (N-methyl/N-ethyl adjacent to an activating group) is 1. The largest absolute Gasteiger partial charge is 0.375 e. The van der Waals surface area contributed by atoms with Gasteiger partial charge in [-0.25, -0.2) is 4.98 Å². The first-order valence-corrected chi connectivity index (χ1v) is 7.66. The molecule has 3 rings (SSSR count). The molecule has 106 valence electrons. The van der Waals surface area contributed by atoms with E-state index < -0.39 is 0 Å². The lowest BCUT2D eigenvalue weighted by Gasteiger charge is -2.34. The molecule has 1 saturated heterocycles. The zero-order chi connectivity index (χ0) is 14.1. The van der Waals surface area contributed by atoms with Gasteiger partial charge in [-0.3, -0.25) is 4.79 Å². The van der Waals surface area contributed by atoms with Crippen LogP contribution in [0.4, 0.5) is 5.13 Å². The molecule has 1 amide bonds. The van der Waals surface area contributed by atoms with Crippen LogP contribution < -0.4 is 5.73 Å². The van der Waals surface area contributed by atoms with Gasteiger partial charge in [0.15, 0.2) is 5.13 Å². The Kier molecular flexibility index (Phi) is 3.58. The first-order valence-electron chi connectivity index (χ1n) is 6.85. The van der Waals surface area contributed by atoms with E-state index in [1.807, 2.05) is 23.1 Å². The van der Waals surface area contributed by atoms with E-state index in [4.69, 9.17) is 5.73 Å². The Hall–Kier alpha value is -1.66. The standard InChI is InChI=1S/C14H18N4OS/c1-2-17-5-7-18(8-6-17)13(19)10-3-4-11-12(9-10)20-14(15)16-11/h3-4,9H,2,5-8H2,1H3,(H2,15,16). The third kappa shape index (κ3) is 2.48. The molecule has 2 heterocycles. The summed E-state index contributed by atoms with van der Waals surface area (Å²) in [6.07, 6.45) is 0. The smallest absolute Gasteiger partial charge is 0.253 e. The van der Waals surface area contributed by atoms with Gasteiger partial charge in [0.2, 0.25) is 0 Å². The number of nitrogens with zero attached hydrogens (tertiary/aromatic N) is 3. The Bertz CT molecular complexity index is 631. The number of piperazine rings is 1. The van der Waals surface area contributed by atoms with Crippen LogP contribution in [-0.4, -0.2) is 53.4 Å². The Morgan fingerprint density at radius 3 is 2.80 bits per heavy atom. The molecule has 0 radical (unpaired) electrons. The van der Waals surface area contributed by atoms with Crippen molar-refractivity contribution in [2.45, 2.75) is 6.92 Å². The lowest BCUT2D eigenvalue weighted by atomic mass is 10.1. The number of carbonyl (C=O) groups is 1. The van der Waals surface area contributed by atoms with Crippen LogP contribution in [0.1, 0.15) is 17.3 Å². The van der Waals surface area contributed by atoms with Crippen molar-refractivity contribution in [2.24, 2.45) is 0 Å². The maximum Gasteiger partial charge on any atom is 0.253 e. The normalized spacial score (nSPS) is 16.8. The van der Waals surface area contributed by atoms with Crippen molar-refractivity contribution >= 4 is 32.6 Å². The van der Waals surface area contributed by atoms with E-state index in [0.29, 0.717) is 5.13 Å². The van der Waals surface area contributed by atoms with Gasteiger partial charge in [-0.05, 0) is 24.7 Å². The minimum atomic E-state index is 0.106. The van der Waals surface area contributed by atoms with Gasteiger partial charge in [-0.1, -0.05) is 18.3 Å². The van der Waals surface area contributed by atoms with Gasteiger partial charge >= 0.3 is 0 Å². The van der Waals surface area contributed by atoms with Crippen molar-refractivity contribution in [1.82, 2.24) is 14.8 Å². The van der Waals surface area contributed by atoms with Gasteiger partial charge in [-0.15, -0.1) is 0 Å². The molecule has 2 aromatic rings. The minimum absolute atomic E-state index is 0.106. The van der Waals surface area contributed by atoms with Crippen LogP contribution in [0.5, 0.6) is 0 Å². The molecule has 0 unspecified atom stereocenters. The number of hydrogen-bond acceptors (Lipinski definition) is 5. The van der Waals surface area contributed by atoms with Gasteiger partial charge in [-0.2, -0.15) is 0 Å². The van der Waals surface area contributed by atoms with Crippen LogP contribution in [0.3, 0.4) is 0 Å². The molecule has 1 aliphatic rings. The third-order valence-electron chi connectivity index (χ3n) is 3.76. The molecular weight excluding hydrogens is 272 g/mol. The number of benzene rings is 1. The summed E-state index contributed by atoms with van der Waals surface area (Å²) < 4.78 is 0.973. The van der Waals surface area contributed by atoms with E-state index in [-0.39, 0.29) is 5.91 Å². The molecule has 1 aromatic heterocycles. The molecular formula is C14H18N4OS. The van der Waals surface area contributed by atoms with Gasteiger partial charge in [0.1, 0.15) is 0 Å². The average molecular weight is 290 g/mol. The number of carbonyl (C=O) groups excluding carboxylic acids is 1. The van der Waals surface area contributed by atoms with E-state index in [0.717, 1.165) is 48.5 Å². The lowest BCUT2D eigenvalue weighted by molar-refractivity contribution is 0.0643. The predicted octanol–water partition coefficient (Wildman–Crippen LogP) is 1.66. The topological polar surface area (TPSA) is 62.5 Å². The highest BCUT2D eigenvalue weighted by atomic mass is 32.1. The second-order valence-corrected chi connectivity index (χ2v) is 6.02. The summed E-state index contributed by atoms with van der Waals surface area (Å²) in [4.78, 5) is 21.0. The number of nitrogen functional groups attached to an aromatic ring is 1. The summed E-state index contributed by atoms with van der Waals surface area (Å²) >= 11 is 1.42. The maximum absolute atomic E-state index is 12.5. The van der Waals surface area contributed by atoms with E-state index in [9.17, 15) is 4.79 Å². The molecule has 1 aromatic carbocycles. The molecule has 0 spiro atoms. The number of hydrogen-bond donors (Lipinski definition) is 1. The molecule has 2 N–H and O–H groups in total. The highest BCUT2D eigenvalue weighted by Gasteiger charge is 2.21. The van der Waals surface area contributed by atoms with E-state index in [1.165, 1.54) is 11.3 Å². The second kappa shape index (κ2) is 5.38. The van der Waals surface area contributed by atoms with Crippen LogP contribution in [0.2, 0.25) is 0 Å². The van der Waals surface area contributed by atoms with Crippen LogP contribution in [0, 0.1) is 0 Å². The summed E-state index contributed by atoms with van der Waals surface area (Å²) in [6, 6.07) is 5.62. The number of thiazole rings is 1. The number of aromatic nitrogens is 1. The zero-order valence-corrected chi connectivity index (χ0v) is 12.3. The summed E-state index contributed by atoms with van der Waals surface area (Å²) in [7, 11) is 0.